The SMILES string of the molecule is CCCC(CCO)SC.CCN(CC)C(=O)[C@@H]1C=C2c3cccc4[nH]cc(c34)C[C@H]2N(C)C1. The Morgan fingerprint density at radius 3 is 2.67 bits per heavy atom. The number of likely N-dealkylation sites (N-methyl/N-ethyl adjacent to an activating group) is 1. The van der Waals surface area contributed by atoms with Crippen molar-refractivity contribution in [3.8, 4) is 0 Å². The van der Waals surface area contributed by atoms with Gasteiger partial charge in [-0.1, -0.05) is 31.6 Å². The molecule has 2 aliphatic rings. The van der Waals surface area contributed by atoms with E-state index in [0.717, 1.165) is 32.5 Å². The van der Waals surface area contributed by atoms with Gasteiger partial charge in [0.25, 0.3) is 0 Å². The minimum Gasteiger partial charge on any atom is -0.396 e. The molecular weight excluding hydrogens is 430 g/mol. The number of thioether (sulfide) groups is 1. The smallest absolute Gasteiger partial charge is 0.230 e. The zero-order chi connectivity index (χ0) is 24.0. The number of aromatic amines is 1. The van der Waals surface area contributed by atoms with Gasteiger partial charge < -0.3 is 15.0 Å². The van der Waals surface area contributed by atoms with Crippen molar-refractivity contribution in [2.45, 2.75) is 57.7 Å². The number of benzene rings is 1. The van der Waals surface area contributed by atoms with Gasteiger partial charge in [0, 0.05) is 54.6 Å². The number of hydrogen-bond donors (Lipinski definition) is 2. The number of carbonyl (C=O) groups excluding carboxylic acids is 1. The van der Waals surface area contributed by atoms with Crippen molar-refractivity contribution in [2.24, 2.45) is 5.92 Å². The van der Waals surface area contributed by atoms with Gasteiger partial charge in [0.15, 0.2) is 0 Å². The number of carbonyl (C=O) groups is 1. The molecule has 1 aromatic carbocycles. The standard InChI is InChI=1S/C20H25N3O.C7H16OS/c1-4-23(5-2)20(24)14-9-16-15-7-6-8-17-19(15)13(11-21-17)10-18(16)22(3)12-14;1-3-4-7(9-2)5-6-8/h6-9,11,14,18,21H,4-5,10,12H2,1-3H3;7-8H,3-6H2,1-2H3/t14-,18-;/m1./s1. The number of nitrogens with zero attached hydrogens (tertiary/aromatic N) is 2. The quantitative estimate of drug-likeness (QED) is 0.580. The minimum atomic E-state index is -0.0445. The second-order valence-corrected chi connectivity index (χ2v) is 10.2. The molecule has 33 heavy (non-hydrogen) atoms. The topological polar surface area (TPSA) is 59.6 Å². The van der Waals surface area contributed by atoms with E-state index in [9.17, 15) is 4.79 Å². The van der Waals surface area contributed by atoms with Crippen molar-refractivity contribution < 1.29 is 9.90 Å². The second-order valence-electron chi connectivity index (χ2n) is 9.10. The Kier molecular flexibility index (Phi) is 9.47. The molecule has 2 N–H and O–H groups in total. The predicted molar refractivity (Wildman–Crippen MR) is 142 cm³/mol. The normalized spacial score (nSPS) is 20.5. The fraction of sp³-hybridized carbons (Fsp3) is 0.593. The third-order valence-electron chi connectivity index (χ3n) is 7.06. The van der Waals surface area contributed by atoms with Gasteiger partial charge in [-0.3, -0.25) is 9.69 Å². The lowest BCUT2D eigenvalue weighted by Crippen LogP contribution is -2.47. The van der Waals surface area contributed by atoms with Crippen LogP contribution >= 0.6 is 11.8 Å². The maximum atomic E-state index is 12.9. The highest BCUT2D eigenvalue weighted by molar-refractivity contribution is 7.99. The van der Waals surface area contributed by atoms with E-state index < -0.39 is 0 Å². The van der Waals surface area contributed by atoms with E-state index in [2.05, 4.69) is 74.4 Å². The molecule has 2 aromatic rings. The summed E-state index contributed by atoms with van der Waals surface area (Å²) in [5.41, 5.74) is 5.21. The van der Waals surface area contributed by atoms with E-state index in [1.54, 1.807) is 0 Å². The van der Waals surface area contributed by atoms with Crippen molar-refractivity contribution in [1.29, 1.82) is 0 Å². The Labute approximate surface area is 203 Å². The summed E-state index contributed by atoms with van der Waals surface area (Å²) in [5, 5.41) is 10.6. The fourth-order valence-corrected chi connectivity index (χ4v) is 6.03. The molecule has 1 aliphatic carbocycles. The van der Waals surface area contributed by atoms with Gasteiger partial charge >= 0.3 is 0 Å². The first-order valence-electron chi connectivity index (χ1n) is 12.4. The largest absolute Gasteiger partial charge is 0.396 e. The molecule has 0 spiro atoms. The lowest BCUT2D eigenvalue weighted by Gasteiger charge is -2.40. The predicted octanol–water partition coefficient (Wildman–Crippen LogP) is 4.81. The molecule has 2 heterocycles. The average molecular weight is 472 g/mol. The number of hydrogen-bond acceptors (Lipinski definition) is 4. The summed E-state index contributed by atoms with van der Waals surface area (Å²) in [6, 6.07) is 6.82. The van der Waals surface area contributed by atoms with Gasteiger partial charge in [-0.15, -0.1) is 0 Å². The fourth-order valence-electron chi connectivity index (χ4n) is 5.22. The molecule has 6 heteroatoms. The first-order valence-corrected chi connectivity index (χ1v) is 13.7. The van der Waals surface area contributed by atoms with Crippen molar-refractivity contribution >= 4 is 34.1 Å². The number of fused-ring (bicyclic) bond motifs is 2. The molecule has 3 atom stereocenters. The zero-order valence-electron chi connectivity index (χ0n) is 20.9. The second kappa shape index (κ2) is 12.1. The van der Waals surface area contributed by atoms with E-state index in [-0.39, 0.29) is 11.8 Å². The van der Waals surface area contributed by atoms with Crippen LogP contribution < -0.4 is 0 Å². The van der Waals surface area contributed by atoms with Crippen molar-refractivity contribution in [2.75, 3.05) is 39.5 Å². The lowest BCUT2D eigenvalue weighted by atomic mass is 9.79. The highest BCUT2D eigenvalue weighted by atomic mass is 32.2. The Morgan fingerprint density at radius 2 is 2.03 bits per heavy atom. The molecule has 0 saturated heterocycles. The Morgan fingerprint density at radius 1 is 1.27 bits per heavy atom. The van der Waals surface area contributed by atoms with Crippen molar-refractivity contribution in [3.63, 3.8) is 0 Å². The molecular formula is C27H41N3O2S. The Hall–Kier alpha value is -1.76. The van der Waals surface area contributed by atoms with Crippen LogP contribution in [0.1, 0.15) is 51.2 Å². The monoisotopic (exact) mass is 471 g/mol. The molecule has 4 rings (SSSR count). The minimum absolute atomic E-state index is 0.0445. The summed E-state index contributed by atoms with van der Waals surface area (Å²) in [5.74, 6) is 0.210. The van der Waals surface area contributed by atoms with Gasteiger partial charge in [0.1, 0.15) is 0 Å². The van der Waals surface area contributed by atoms with E-state index in [4.69, 9.17) is 5.11 Å². The number of aliphatic hydroxyl groups excluding tert-OH is 1. The van der Waals surface area contributed by atoms with Crippen molar-refractivity contribution in [1.82, 2.24) is 14.8 Å². The highest BCUT2D eigenvalue weighted by Crippen LogP contribution is 2.40. The number of amides is 1. The van der Waals surface area contributed by atoms with Gasteiger partial charge in [0.2, 0.25) is 5.91 Å². The summed E-state index contributed by atoms with van der Waals surface area (Å²) >= 11 is 1.86. The summed E-state index contributed by atoms with van der Waals surface area (Å²) in [6.45, 7) is 8.99. The summed E-state index contributed by atoms with van der Waals surface area (Å²) in [6.07, 6.45) is 10.9. The summed E-state index contributed by atoms with van der Waals surface area (Å²) < 4.78 is 0. The van der Waals surface area contributed by atoms with Crippen LogP contribution in [0, 0.1) is 5.92 Å². The maximum absolute atomic E-state index is 12.9. The van der Waals surface area contributed by atoms with Crippen LogP contribution in [0.5, 0.6) is 0 Å². The molecule has 0 fully saturated rings. The number of H-pyrrole nitrogens is 1. The molecule has 1 aliphatic heterocycles. The Bertz CT molecular complexity index is 944. The summed E-state index contributed by atoms with van der Waals surface area (Å²) in [4.78, 5) is 20.6. The molecule has 5 nitrogen and oxygen atoms in total. The van der Waals surface area contributed by atoms with Crippen LogP contribution in [0.3, 0.4) is 0 Å². The molecule has 182 valence electrons. The van der Waals surface area contributed by atoms with Crippen LogP contribution in [0.15, 0.2) is 30.5 Å². The van der Waals surface area contributed by atoms with Gasteiger partial charge in [-0.05, 0) is 69.2 Å². The van der Waals surface area contributed by atoms with Crippen molar-refractivity contribution in [3.05, 3.63) is 41.6 Å². The zero-order valence-corrected chi connectivity index (χ0v) is 21.8. The van der Waals surface area contributed by atoms with Gasteiger partial charge in [0.05, 0.1) is 5.92 Å². The van der Waals surface area contributed by atoms with Crippen LogP contribution in [0.2, 0.25) is 0 Å². The van der Waals surface area contributed by atoms with Gasteiger partial charge in [-0.2, -0.15) is 11.8 Å². The molecule has 1 aromatic heterocycles. The number of aromatic nitrogens is 1. The van der Waals surface area contributed by atoms with E-state index in [0.29, 0.717) is 17.9 Å². The number of nitrogens with one attached hydrogen (secondary N) is 1. The maximum Gasteiger partial charge on any atom is 0.230 e. The third-order valence-corrected chi connectivity index (χ3v) is 8.19. The number of rotatable bonds is 8. The van der Waals surface area contributed by atoms with Gasteiger partial charge in [-0.25, -0.2) is 0 Å². The molecule has 0 bridgehead atoms. The molecule has 0 saturated carbocycles. The highest BCUT2D eigenvalue weighted by Gasteiger charge is 2.36. The van der Waals surface area contributed by atoms with E-state index in [1.807, 2.05) is 16.7 Å². The van der Waals surface area contributed by atoms with Crippen LogP contribution in [-0.2, 0) is 11.2 Å². The third kappa shape index (κ3) is 5.67. The first kappa shape index (κ1) is 25.9. The molecule has 1 amide bonds. The van der Waals surface area contributed by atoms with E-state index in [1.165, 1.54) is 40.4 Å². The Balaban J connectivity index is 0.000000292. The number of aliphatic hydroxyl groups is 1. The van der Waals surface area contributed by atoms with E-state index >= 15 is 0 Å². The first-order chi connectivity index (χ1) is 16.0. The van der Waals surface area contributed by atoms with Crippen LogP contribution in [0.25, 0.3) is 16.5 Å². The molecule has 0 radical (unpaired) electrons. The summed E-state index contributed by atoms with van der Waals surface area (Å²) in [7, 11) is 2.15. The average Bonchev–Trinajstić information content (AvgIpc) is 3.25. The van der Waals surface area contributed by atoms with Crippen LogP contribution in [-0.4, -0.2) is 76.6 Å². The van der Waals surface area contributed by atoms with Crippen LogP contribution in [0.4, 0.5) is 0 Å². The lowest BCUT2D eigenvalue weighted by molar-refractivity contribution is -0.134. The molecule has 1 unspecified atom stereocenters.